The molecular weight excluding hydrogens is 1040 g/mol. The minimum atomic E-state index is -3.93. The molecule has 10 rings (SSSR count). The minimum Gasteiger partial charge on any atom is -0.508 e. The first-order valence-corrected chi connectivity index (χ1v) is 29.5. The lowest BCUT2D eigenvalue weighted by Crippen LogP contribution is -2.49. The lowest BCUT2D eigenvalue weighted by Gasteiger charge is -2.40. The average molecular weight is 1110 g/mol. The van der Waals surface area contributed by atoms with E-state index in [1.165, 1.54) is 17.2 Å². The molecule has 3 saturated heterocycles. The van der Waals surface area contributed by atoms with Gasteiger partial charge < -0.3 is 45.2 Å². The monoisotopic (exact) mass is 1110 g/mol. The quantitative estimate of drug-likeness (QED) is 0.0768. The topological polar surface area (TPSA) is 235 Å². The van der Waals surface area contributed by atoms with E-state index in [0.29, 0.717) is 53.0 Å². The summed E-state index contributed by atoms with van der Waals surface area (Å²) in [4.78, 5) is 60.6. The lowest BCUT2D eigenvalue weighted by molar-refractivity contribution is -0.137. The maximum Gasteiger partial charge on any atom is 0.289 e. The number of benzene rings is 4. The number of nitrogens with zero attached hydrogens (tertiary/aromatic N) is 11. The van der Waals surface area contributed by atoms with Gasteiger partial charge in [-0.15, -0.1) is 10.2 Å². The van der Waals surface area contributed by atoms with Crippen LogP contribution in [0, 0.1) is 11.8 Å². The number of phenolic OH excluding ortho intramolecular Hbond substituents is 2. The van der Waals surface area contributed by atoms with Gasteiger partial charge in [0, 0.05) is 108 Å². The number of ether oxygens (including phenoxy) is 1. The molecule has 0 spiro atoms. The van der Waals surface area contributed by atoms with E-state index >= 15 is 0 Å². The zero-order valence-electron chi connectivity index (χ0n) is 46.3. The standard InChI is InChI=1S/C58H71N13O8S/c1-7-40-31-45(50(73)33-49(40)72)52-63-64-54(55(74)60-37(3)4)70(52)42-15-13-38(14-16-42)35-66-27-29-67(30-28-66)36-39-19-23-69(24-20-39)56(75)41-21-25-68(26-22-41)43-17-18-46(51(32-43)79-8-2)61-58-59-34-48-53(62-58)71(80(6,77)78)47-12-10-9-11-44(47)57(76)65(48)5/h9-18,31-34,37,39,41,72-73H,7-8,19-30,35-36H2,1-6H3,(H,60,74)(H,59,61,62). The normalized spacial score (nSPS) is 16.9. The summed E-state index contributed by atoms with van der Waals surface area (Å²) in [5.74, 6) is 0.970. The highest BCUT2D eigenvalue weighted by atomic mass is 32.2. The Labute approximate surface area is 467 Å². The Bertz CT molecular complexity index is 3370. The van der Waals surface area contributed by atoms with Crippen LogP contribution in [0.15, 0.2) is 85.1 Å². The molecule has 422 valence electrons. The predicted octanol–water partition coefficient (Wildman–Crippen LogP) is 6.94. The molecule has 0 saturated carbocycles. The van der Waals surface area contributed by atoms with Crippen LogP contribution in [0.25, 0.3) is 17.1 Å². The Balaban J connectivity index is 0.694. The van der Waals surface area contributed by atoms with Crippen LogP contribution >= 0.6 is 0 Å². The van der Waals surface area contributed by atoms with Gasteiger partial charge in [0.25, 0.3) is 11.8 Å². The number of carbonyl (C=O) groups excluding carboxylic acids is 3. The summed E-state index contributed by atoms with van der Waals surface area (Å²) in [5, 5.41) is 36.0. The summed E-state index contributed by atoms with van der Waals surface area (Å²) in [6.07, 6.45) is 6.56. The van der Waals surface area contributed by atoms with Crippen molar-refractivity contribution in [1.29, 1.82) is 0 Å². The highest BCUT2D eigenvalue weighted by Crippen LogP contribution is 2.42. The molecule has 6 aromatic rings. The molecule has 0 unspecified atom stereocenters. The fourth-order valence-corrected chi connectivity index (χ4v) is 12.3. The van der Waals surface area contributed by atoms with Crippen LogP contribution in [0.4, 0.5) is 34.5 Å². The highest BCUT2D eigenvalue weighted by molar-refractivity contribution is 7.92. The van der Waals surface area contributed by atoms with E-state index in [0.717, 1.165) is 113 Å². The van der Waals surface area contributed by atoms with Crippen molar-refractivity contribution in [2.45, 2.75) is 72.4 Å². The van der Waals surface area contributed by atoms with Crippen molar-refractivity contribution in [3.05, 3.63) is 108 Å². The SMILES string of the molecule is CCOc1cc(N2CCC(C(=O)N3CCC(CN4CCN(Cc5ccc(-n6c(C(=O)NC(C)C)nnc6-c6cc(CC)c(O)cc6O)cc5)CC4)CC3)CC2)ccc1Nc1ncc2c(n1)N(S(C)(=O)=O)c1ccccc1C(=O)N2C. The zero-order valence-corrected chi connectivity index (χ0v) is 47.1. The molecule has 0 aliphatic carbocycles. The van der Waals surface area contributed by atoms with E-state index in [2.05, 4.69) is 62.5 Å². The first kappa shape index (κ1) is 55.5. The van der Waals surface area contributed by atoms with Crippen LogP contribution in [0.1, 0.15) is 85.5 Å². The fraction of sp³-hybridized carbons (Fsp3) is 0.431. The van der Waals surface area contributed by atoms with Crippen molar-refractivity contribution in [1.82, 2.24) is 44.7 Å². The first-order chi connectivity index (χ1) is 38.5. The number of phenols is 2. The van der Waals surface area contributed by atoms with E-state index < -0.39 is 10.0 Å². The number of amides is 3. The minimum absolute atomic E-state index is 0.00721. The molecule has 0 bridgehead atoms. The molecule has 22 heteroatoms. The number of rotatable bonds is 16. The number of anilines is 6. The van der Waals surface area contributed by atoms with Crippen molar-refractivity contribution < 1.29 is 37.8 Å². The number of nitrogens with one attached hydrogen (secondary N) is 2. The van der Waals surface area contributed by atoms with Crippen molar-refractivity contribution in [2.24, 2.45) is 11.8 Å². The molecule has 4 aromatic carbocycles. The van der Waals surface area contributed by atoms with Crippen LogP contribution in [0.3, 0.4) is 0 Å². The van der Waals surface area contributed by atoms with Crippen LogP contribution < -0.4 is 29.5 Å². The Morgan fingerprint density at radius 3 is 2.19 bits per heavy atom. The van der Waals surface area contributed by atoms with E-state index in [4.69, 9.17) is 4.74 Å². The molecule has 0 radical (unpaired) electrons. The molecule has 21 nitrogen and oxygen atoms in total. The fourth-order valence-electron chi connectivity index (χ4n) is 11.3. The van der Waals surface area contributed by atoms with Gasteiger partial charge in [-0.3, -0.25) is 23.9 Å². The molecule has 80 heavy (non-hydrogen) atoms. The van der Waals surface area contributed by atoms with Gasteiger partial charge in [0.2, 0.25) is 27.7 Å². The summed E-state index contributed by atoms with van der Waals surface area (Å²) in [6.45, 7) is 16.6. The maximum atomic E-state index is 13.9. The van der Waals surface area contributed by atoms with Crippen LogP contribution in [-0.2, 0) is 27.8 Å². The number of aromatic hydroxyl groups is 2. The molecule has 4 N–H and O–H groups in total. The Kier molecular flexibility index (Phi) is 16.3. The van der Waals surface area contributed by atoms with Gasteiger partial charge >= 0.3 is 0 Å². The third kappa shape index (κ3) is 11.7. The summed E-state index contributed by atoms with van der Waals surface area (Å²) in [7, 11) is -2.37. The third-order valence-corrected chi connectivity index (χ3v) is 16.7. The van der Waals surface area contributed by atoms with Gasteiger partial charge in [0.1, 0.15) is 22.9 Å². The molecule has 3 fully saturated rings. The maximum absolute atomic E-state index is 13.9. The Morgan fingerprint density at radius 2 is 1.50 bits per heavy atom. The predicted molar refractivity (Wildman–Crippen MR) is 307 cm³/mol. The third-order valence-electron chi connectivity index (χ3n) is 15.6. The smallest absolute Gasteiger partial charge is 0.289 e. The van der Waals surface area contributed by atoms with Crippen molar-refractivity contribution in [3.8, 4) is 34.3 Å². The lowest BCUT2D eigenvalue weighted by atomic mass is 9.91. The zero-order chi connectivity index (χ0) is 56.4. The van der Waals surface area contributed by atoms with Crippen molar-refractivity contribution in [2.75, 3.05) is 98.2 Å². The second kappa shape index (κ2) is 23.5. The summed E-state index contributed by atoms with van der Waals surface area (Å²) in [5.41, 5.74) is 5.04. The van der Waals surface area contributed by atoms with Gasteiger partial charge in [-0.05, 0) is 112 Å². The number of carbonyl (C=O) groups is 3. The number of sulfonamides is 1. The van der Waals surface area contributed by atoms with Crippen molar-refractivity contribution in [3.63, 3.8) is 0 Å². The van der Waals surface area contributed by atoms with E-state index in [-0.39, 0.29) is 75.7 Å². The second-order valence-electron chi connectivity index (χ2n) is 21.5. The molecule has 4 aliphatic rings. The van der Waals surface area contributed by atoms with E-state index in [1.54, 1.807) is 41.9 Å². The summed E-state index contributed by atoms with van der Waals surface area (Å²) >= 11 is 0. The van der Waals surface area contributed by atoms with Crippen LogP contribution in [0.5, 0.6) is 17.2 Å². The van der Waals surface area contributed by atoms with E-state index in [1.807, 2.05) is 58.0 Å². The number of likely N-dealkylation sites (tertiary alicyclic amines) is 1. The van der Waals surface area contributed by atoms with Gasteiger partial charge in [0.05, 0.1) is 41.6 Å². The highest BCUT2D eigenvalue weighted by Gasteiger charge is 2.36. The van der Waals surface area contributed by atoms with Crippen LogP contribution in [-0.4, -0.2) is 161 Å². The molecule has 0 atom stereocenters. The number of para-hydroxylation sites is 1. The molecule has 4 aliphatic heterocycles. The number of hydrogen-bond donors (Lipinski definition) is 4. The van der Waals surface area contributed by atoms with Crippen LogP contribution in [0.2, 0.25) is 0 Å². The number of piperazine rings is 1. The van der Waals surface area contributed by atoms with Gasteiger partial charge in [0.15, 0.2) is 11.6 Å². The number of piperidine rings is 2. The van der Waals surface area contributed by atoms with Gasteiger partial charge in [-0.2, -0.15) is 4.98 Å². The molecular formula is C58H71N13O8S. The largest absolute Gasteiger partial charge is 0.508 e. The Morgan fingerprint density at radius 1 is 0.800 bits per heavy atom. The summed E-state index contributed by atoms with van der Waals surface area (Å²) in [6, 6.07) is 23.3. The number of aromatic nitrogens is 5. The number of fused-ring (bicyclic) bond motifs is 2. The molecule has 2 aromatic heterocycles. The Hall–Kier alpha value is -7.82. The number of hydrogen-bond acceptors (Lipinski definition) is 16. The molecule has 6 heterocycles. The average Bonchev–Trinajstić information content (AvgIpc) is 3.86. The molecule has 3 amide bonds. The second-order valence-corrected chi connectivity index (χ2v) is 23.3. The van der Waals surface area contributed by atoms with Crippen molar-refractivity contribution >= 4 is 62.3 Å². The van der Waals surface area contributed by atoms with E-state index in [9.17, 15) is 33.0 Å². The van der Waals surface area contributed by atoms with Gasteiger partial charge in [-0.1, -0.05) is 31.2 Å². The van der Waals surface area contributed by atoms with Gasteiger partial charge in [-0.25, -0.2) is 17.7 Å². The first-order valence-electron chi connectivity index (χ1n) is 27.6. The number of aryl methyl sites for hydroxylation is 1. The summed E-state index contributed by atoms with van der Waals surface area (Å²) < 4.78 is 35.4.